The number of ether oxygens (including phenoxy) is 4. The van der Waals surface area contributed by atoms with Crippen LogP contribution in [0.3, 0.4) is 0 Å². The first-order valence-corrected chi connectivity index (χ1v) is 8.58. The molecule has 0 aliphatic carbocycles. The Bertz CT molecular complexity index is 519. The van der Waals surface area contributed by atoms with E-state index in [1.807, 2.05) is 38.1 Å². The molecule has 2 aliphatic rings. The number of benzene rings is 1. The van der Waals surface area contributed by atoms with Crippen LogP contribution in [0, 0.1) is 0 Å². The van der Waals surface area contributed by atoms with Crippen molar-refractivity contribution in [2.24, 2.45) is 0 Å². The lowest BCUT2D eigenvalue weighted by molar-refractivity contribution is -0.293. The van der Waals surface area contributed by atoms with Crippen LogP contribution in [-0.4, -0.2) is 30.5 Å². The van der Waals surface area contributed by atoms with Gasteiger partial charge in [0.25, 0.3) is 0 Å². The fourth-order valence-corrected chi connectivity index (χ4v) is 3.55. The van der Waals surface area contributed by atoms with Crippen molar-refractivity contribution in [1.82, 2.24) is 0 Å². The Kier molecular flexibility index (Phi) is 4.68. The highest BCUT2D eigenvalue weighted by atomic mass is 16.7. The normalized spacial score (nSPS) is 30.6. The van der Waals surface area contributed by atoms with Gasteiger partial charge in [-0.2, -0.15) is 0 Å². The van der Waals surface area contributed by atoms with Crippen LogP contribution in [0.15, 0.2) is 24.3 Å². The van der Waals surface area contributed by atoms with E-state index < -0.39 is 0 Å². The molecule has 1 aromatic rings. The number of rotatable bonds is 3. The van der Waals surface area contributed by atoms with Crippen LogP contribution in [0.1, 0.15) is 58.8 Å². The van der Waals surface area contributed by atoms with Crippen molar-refractivity contribution in [3.63, 3.8) is 0 Å². The Balaban J connectivity index is 1.71. The van der Waals surface area contributed by atoms with E-state index in [-0.39, 0.29) is 23.6 Å². The van der Waals surface area contributed by atoms with Crippen molar-refractivity contribution < 1.29 is 18.9 Å². The number of hydrogen-bond donors (Lipinski definition) is 0. The summed E-state index contributed by atoms with van der Waals surface area (Å²) < 4.78 is 23.8. The highest BCUT2D eigenvalue weighted by Crippen LogP contribution is 2.43. The van der Waals surface area contributed by atoms with E-state index in [1.54, 1.807) is 0 Å². The predicted molar refractivity (Wildman–Crippen MR) is 88.6 cm³/mol. The molecule has 0 N–H and O–H groups in total. The minimum atomic E-state index is -0.300. The maximum absolute atomic E-state index is 6.41. The van der Waals surface area contributed by atoms with E-state index in [0.29, 0.717) is 0 Å². The van der Waals surface area contributed by atoms with Crippen LogP contribution in [0.5, 0.6) is 5.75 Å². The maximum Gasteiger partial charge on any atom is 0.184 e. The lowest BCUT2D eigenvalue weighted by Crippen LogP contribution is -2.50. The third-order valence-corrected chi connectivity index (χ3v) is 4.51. The molecule has 2 fully saturated rings. The van der Waals surface area contributed by atoms with Gasteiger partial charge in [-0.25, -0.2) is 0 Å². The Morgan fingerprint density at radius 2 is 1.78 bits per heavy atom. The van der Waals surface area contributed by atoms with Crippen molar-refractivity contribution in [2.45, 2.75) is 70.6 Å². The second-order valence-corrected chi connectivity index (χ2v) is 7.52. The zero-order valence-corrected chi connectivity index (χ0v) is 14.6. The monoisotopic (exact) mass is 320 g/mol. The van der Waals surface area contributed by atoms with Gasteiger partial charge in [0.15, 0.2) is 6.29 Å². The summed E-state index contributed by atoms with van der Waals surface area (Å²) in [6.07, 6.45) is 2.66. The topological polar surface area (TPSA) is 36.9 Å². The molecular weight excluding hydrogens is 292 g/mol. The highest BCUT2D eigenvalue weighted by Gasteiger charge is 2.45. The quantitative estimate of drug-likeness (QED) is 0.835. The average Bonchev–Trinajstić information content (AvgIpc) is 2.46. The lowest BCUT2D eigenvalue weighted by atomic mass is 9.81. The molecule has 0 aromatic heterocycles. The zero-order chi connectivity index (χ0) is 16.5. The van der Waals surface area contributed by atoms with Gasteiger partial charge in [-0.05, 0) is 39.8 Å². The summed E-state index contributed by atoms with van der Waals surface area (Å²) in [6.45, 7) is 9.81. The summed E-state index contributed by atoms with van der Waals surface area (Å²) in [6, 6.07) is 8.03. The smallest absolute Gasteiger partial charge is 0.184 e. The first kappa shape index (κ1) is 16.7. The van der Waals surface area contributed by atoms with Crippen molar-refractivity contribution >= 4 is 0 Å². The van der Waals surface area contributed by atoms with Crippen molar-refractivity contribution in [3.8, 4) is 5.75 Å². The molecule has 3 rings (SSSR count). The van der Waals surface area contributed by atoms with Crippen LogP contribution in [0.2, 0.25) is 0 Å². The first-order chi connectivity index (χ1) is 10.9. The van der Waals surface area contributed by atoms with Crippen LogP contribution in [0.4, 0.5) is 0 Å². The van der Waals surface area contributed by atoms with Gasteiger partial charge < -0.3 is 18.9 Å². The fraction of sp³-hybridized carbons (Fsp3) is 0.684. The number of hydrogen-bond acceptors (Lipinski definition) is 4. The summed E-state index contributed by atoms with van der Waals surface area (Å²) >= 11 is 0. The van der Waals surface area contributed by atoms with Gasteiger partial charge in [0.05, 0.1) is 30.5 Å². The van der Waals surface area contributed by atoms with E-state index in [1.165, 1.54) is 0 Å². The fourth-order valence-electron chi connectivity index (χ4n) is 3.55. The third kappa shape index (κ3) is 4.06. The van der Waals surface area contributed by atoms with Crippen molar-refractivity contribution in [1.29, 1.82) is 0 Å². The van der Waals surface area contributed by atoms with Gasteiger partial charge in [-0.15, -0.1) is 0 Å². The van der Waals surface area contributed by atoms with Gasteiger partial charge in [0.1, 0.15) is 5.75 Å². The van der Waals surface area contributed by atoms with Gasteiger partial charge in [-0.3, -0.25) is 0 Å². The zero-order valence-electron chi connectivity index (χ0n) is 14.6. The largest absolute Gasteiger partial charge is 0.491 e. The molecule has 4 heteroatoms. The van der Waals surface area contributed by atoms with Gasteiger partial charge in [0, 0.05) is 24.8 Å². The molecule has 2 saturated heterocycles. The molecule has 4 nitrogen and oxygen atoms in total. The molecule has 23 heavy (non-hydrogen) atoms. The Morgan fingerprint density at radius 3 is 2.43 bits per heavy atom. The Hall–Kier alpha value is -1.10. The van der Waals surface area contributed by atoms with E-state index in [9.17, 15) is 0 Å². The molecule has 0 radical (unpaired) electrons. The van der Waals surface area contributed by atoms with E-state index in [4.69, 9.17) is 18.9 Å². The molecule has 2 heterocycles. The van der Waals surface area contributed by atoms with Gasteiger partial charge in [0.2, 0.25) is 0 Å². The molecular formula is C19H28O4. The van der Waals surface area contributed by atoms with E-state index in [2.05, 4.69) is 13.8 Å². The molecule has 1 spiro atoms. The molecule has 128 valence electrons. The predicted octanol–water partition coefficient (Wildman–Crippen LogP) is 4.24. The third-order valence-electron chi connectivity index (χ3n) is 4.51. The van der Waals surface area contributed by atoms with Crippen LogP contribution in [0.25, 0.3) is 0 Å². The van der Waals surface area contributed by atoms with Crippen LogP contribution >= 0.6 is 0 Å². The maximum atomic E-state index is 6.41. The summed E-state index contributed by atoms with van der Waals surface area (Å²) in [5.74, 6) is 0.876. The standard InChI is InChI=1S/C19H28O4/c1-14(2)22-16-7-5-15(6-8-16)17-20-11-9-19(23-17)10-12-21-18(3,4)13-19/h5-8,14,17H,9-13H2,1-4H3/t17-,19-/m1/s1. The molecule has 0 saturated carbocycles. The first-order valence-electron chi connectivity index (χ1n) is 8.58. The molecule has 2 aliphatic heterocycles. The Morgan fingerprint density at radius 1 is 1.09 bits per heavy atom. The summed E-state index contributed by atoms with van der Waals surface area (Å²) in [5, 5.41) is 0. The van der Waals surface area contributed by atoms with Crippen LogP contribution in [-0.2, 0) is 14.2 Å². The second kappa shape index (κ2) is 6.42. The molecule has 0 unspecified atom stereocenters. The molecule has 0 amide bonds. The Labute approximate surface area is 139 Å². The SMILES string of the molecule is CC(C)Oc1ccc([C@@H]2OCC[C@]3(CCOC(C)(C)C3)O2)cc1. The summed E-state index contributed by atoms with van der Waals surface area (Å²) in [4.78, 5) is 0. The van der Waals surface area contributed by atoms with E-state index in [0.717, 1.165) is 43.8 Å². The highest BCUT2D eigenvalue weighted by molar-refractivity contribution is 5.28. The van der Waals surface area contributed by atoms with Crippen molar-refractivity contribution in [3.05, 3.63) is 29.8 Å². The minimum absolute atomic E-state index is 0.127. The van der Waals surface area contributed by atoms with Crippen molar-refractivity contribution in [2.75, 3.05) is 13.2 Å². The van der Waals surface area contributed by atoms with E-state index >= 15 is 0 Å². The van der Waals surface area contributed by atoms with Gasteiger partial charge >= 0.3 is 0 Å². The van der Waals surface area contributed by atoms with Gasteiger partial charge in [-0.1, -0.05) is 12.1 Å². The molecule has 0 bridgehead atoms. The second-order valence-electron chi connectivity index (χ2n) is 7.52. The summed E-state index contributed by atoms with van der Waals surface area (Å²) in [7, 11) is 0. The minimum Gasteiger partial charge on any atom is -0.491 e. The molecule has 1 aromatic carbocycles. The summed E-state index contributed by atoms with van der Waals surface area (Å²) in [5.41, 5.74) is 0.789. The molecule has 2 atom stereocenters. The van der Waals surface area contributed by atoms with Crippen LogP contribution < -0.4 is 4.74 Å². The average molecular weight is 320 g/mol. The lowest BCUT2D eigenvalue weighted by Gasteiger charge is -2.48.